The second-order valence-corrected chi connectivity index (χ2v) is 3.78. The zero-order chi connectivity index (χ0) is 11.0. The van der Waals surface area contributed by atoms with Crippen molar-refractivity contribution in [3.63, 3.8) is 0 Å². The predicted molar refractivity (Wildman–Crippen MR) is 57.0 cm³/mol. The van der Waals surface area contributed by atoms with E-state index in [4.69, 9.17) is 11.6 Å². The van der Waals surface area contributed by atoms with Gasteiger partial charge in [-0.05, 0) is 24.3 Å². The molecule has 0 radical (unpaired) electrons. The van der Waals surface area contributed by atoms with Crippen molar-refractivity contribution in [1.29, 1.82) is 0 Å². The van der Waals surface area contributed by atoms with Crippen LogP contribution in [0.25, 0.3) is 0 Å². The van der Waals surface area contributed by atoms with Crippen molar-refractivity contribution in [3.8, 4) is 0 Å². The van der Waals surface area contributed by atoms with Crippen molar-refractivity contribution >= 4 is 29.2 Å². The monoisotopic (exact) mass is 224 g/mol. The highest BCUT2D eigenvalue weighted by Gasteiger charge is 2.34. The van der Waals surface area contributed by atoms with Crippen molar-refractivity contribution in [3.05, 3.63) is 29.3 Å². The lowest BCUT2D eigenvalue weighted by molar-refractivity contribution is -0.116. The number of anilines is 1. The molecular formula is C10H9ClN2O2. The Kier molecular flexibility index (Phi) is 2.36. The number of carbonyl (C=O) groups excluding carboxylic acids is 2. The van der Waals surface area contributed by atoms with E-state index in [1.807, 2.05) is 0 Å². The molecule has 0 aliphatic carbocycles. The van der Waals surface area contributed by atoms with Crippen molar-refractivity contribution in [2.24, 2.45) is 0 Å². The summed E-state index contributed by atoms with van der Waals surface area (Å²) in [7, 11) is 1.59. The van der Waals surface area contributed by atoms with Crippen LogP contribution >= 0.6 is 11.6 Å². The second kappa shape index (κ2) is 3.55. The molecule has 3 amide bonds. The highest BCUT2D eigenvalue weighted by atomic mass is 35.5. The van der Waals surface area contributed by atoms with E-state index in [0.717, 1.165) is 4.90 Å². The van der Waals surface area contributed by atoms with Gasteiger partial charge in [0.15, 0.2) is 0 Å². The van der Waals surface area contributed by atoms with Crippen LogP contribution in [0.15, 0.2) is 24.3 Å². The van der Waals surface area contributed by atoms with Gasteiger partial charge in [0.2, 0.25) is 0 Å². The van der Waals surface area contributed by atoms with Gasteiger partial charge in [-0.2, -0.15) is 0 Å². The Morgan fingerprint density at radius 1 is 1.20 bits per heavy atom. The number of carbonyl (C=O) groups is 2. The zero-order valence-electron chi connectivity index (χ0n) is 8.11. The van der Waals surface area contributed by atoms with Crippen molar-refractivity contribution in [2.45, 2.75) is 0 Å². The predicted octanol–water partition coefficient (Wildman–Crippen LogP) is 1.74. The lowest BCUT2D eigenvalue weighted by atomic mass is 10.3. The molecule has 1 aliphatic heterocycles. The summed E-state index contributed by atoms with van der Waals surface area (Å²) in [4.78, 5) is 25.6. The lowest BCUT2D eigenvalue weighted by Gasteiger charge is -2.13. The van der Waals surface area contributed by atoms with Crippen LogP contribution in [0.1, 0.15) is 0 Å². The summed E-state index contributed by atoms with van der Waals surface area (Å²) in [6.07, 6.45) is 0. The van der Waals surface area contributed by atoms with E-state index < -0.39 is 0 Å². The molecule has 0 aromatic heterocycles. The molecule has 1 fully saturated rings. The van der Waals surface area contributed by atoms with Crippen molar-refractivity contribution < 1.29 is 9.59 Å². The molecular weight excluding hydrogens is 216 g/mol. The zero-order valence-corrected chi connectivity index (χ0v) is 8.86. The number of halogens is 1. The molecule has 5 heteroatoms. The topological polar surface area (TPSA) is 40.6 Å². The van der Waals surface area contributed by atoms with Gasteiger partial charge in [0.1, 0.15) is 6.54 Å². The fourth-order valence-electron chi connectivity index (χ4n) is 1.46. The first-order valence-electron chi connectivity index (χ1n) is 4.43. The first-order valence-corrected chi connectivity index (χ1v) is 4.81. The molecule has 2 rings (SSSR count). The molecule has 0 unspecified atom stereocenters. The summed E-state index contributed by atoms with van der Waals surface area (Å²) in [5, 5.41) is 0.575. The Hall–Kier alpha value is -1.55. The molecule has 1 saturated heterocycles. The quantitative estimate of drug-likeness (QED) is 0.682. The minimum Gasteiger partial charge on any atom is -0.318 e. The average molecular weight is 225 g/mol. The summed E-state index contributed by atoms with van der Waals surface area (Å²) in [6.45, 7) is 0.126. The van der Waals surface area contributed by atoms with Crippen LogP contribution in [0, 0.1) is 0 Å². The Labute approximate surface area is 92.0 Å². The first kappa shape index (κ1) is 9.98. The lowest BCUT2D eigenvalue weighted by Crippen LogP contribution is -2.31. The Bertz CT molecular complexity index is 416. The van der Waals surface area contributed by atoms with Crippen LogP contribution in [0.5, 0.6) is 0 Å². The molecule has 0 atom stereocenters. The maximum atomic E-state index is 11.6. The maximum absolute atomic E-state index is 11.6. The SMILES string of the molecule is CN1CC(=O)N(c2ccc(Cl)cc2)C1=O. The molecule has 0 bridgehead atoms. The highest BCUT2D eigenvalue weighted by molar-refractivity contribution is 6.30. The van der Waals surface area contributed by atoms with Gasteiger partial charge in [-0.25, -0.2) is 9.69 Å². The maximum Gasteiger partial charge on any atom is 0.331 e. The third kappa shape index (κ3) is 1.68. The number of urea groups is 1. The van der Waals surface area contributed by atoms with Gasteiger partial charge in [0.05, 0.1) is 5.69 Å². The van der Waals surface area contributed by atoms with Crippen LogP contribution < -0.4 is 4.90 Å². The molecule has 0 N–H and O–H groups in total. The fraction of sp³-hybridized carbons (Fsp3) is 0.200. The first-order chi connectivity index (χ1) is 7.09. The van der Waals surface area contributed by atoms with Gasteiger partial charge < -0.3 is 4.90 Å². The Morgan fingerprint density at radius 3 is 2.27 bits per heavy atom. The van der Waals surface area contributed by atoms with E-state index in [2.05, 4.69) is 0 Å². The van der Waals surface area contributed by atoms with Gasteiger partial charge in [0.25, 0.3) is 5.91 Å². The Morgan fingerprint density at radius 2 is 1.80 bits per heavy atom. The molecule has 0 spiro atoms. The number of likely N-dealkylation sites (N-methyl/N-ethyl adjacent to an activating group) is 1. The van der Waals surface area contributed by atoms with E-state index in [1.54, 1.807) is 31.3 Å². The minimum atomic E-state index is -0.303. The van der Waals surface area contributed by atoms with E-state index in [0.29, 0.717) is 10.7 Å². The highest BCUT2D eigenvalue weighted by Crippen LogP contribution is 2.22. The molecule has 1 aliphatic rings. The molecule has 4 nitrogen and oxygen atoms in total. The number of amides is 3. The number of nitrogens with zero attached hydrogens (tertiary/aromatic N) is 2. The second-order valence-electron chi connectivity index (χ2n) is 3.34. The van der Waals surface area contributed by atoms with E-state index in [1.165, 1.54) is 4.90 Å². The number of rotatable bonds is 1. The number of imide groups is 1. The molecule has 1 aromatic rings. The van der Waals surface area contributed by atoms with E-state index in [9.17, 15) is 9.59 Å². The van der Waals surface area contributed by atoms with Gasteiger partial charge in [0, 0.05) is 12.1 Å². The van der Waals surface area contributed by atoms with Crippen molar-refractivity contribution in [1.82, 2.24) is 4.90 Å². The van der Waals surface area contributed by atoms with Crippen LogP contribution in [0.4, 0.5) is 10.5 Å². The smallest absolute Gasteiger partial charge is 0.318 e. The van der Waals surface area contributed by atoms with Gasteiger partial charge in [-0.1, -0.05) is 11.6 Å². The molecule has 1 aromatic carbocycles. The van der Waals surface area contributed by atoms with Crippen LogP contribution in [0.3, 0.4) is 0 Å². The van der Waals surface area contributed by atoms with Gasteiger partial charge in [-0.15, -0.1) is 0 Å². The number of hydrogen-bond acceptors (Lipinski definition) is 2. The summed E-state index contributed by atoms with van der Waals surface area (Å²) in [5.74, 6) is -0.218. The Balaban J connectivity index is 2.35. The minimum absolute atomic E-state index is 0.126. The molecule has 1 heterocycles. The van der Waals surface area contributed by atoms with E-state index in [-0.39, 0.29) is 18.5 Å². The van der Waals surface area contributed by atoms with Gasteiger partial charge in [-0.3, -0.25) is 4.79 Å². The van der Waals surface area contributed by atoms with Crippen LogP contribution in [-0.2, 0) is 4.79 Å². The fourth-order valence-corrected chi connectivity index (χ4v) is 1.59. The molecule has 0 saturated carbocycles. The standard InChI is InChI=1S/C10H9ClN2O2/c1-12-6-9(14)13(10(12)15)8-4-2-7(11)3-5-8/h2-5H,6H2,1H3. The van der Waals surface area contributed by atoms with Crippen LogP contribution in [-0.4, -0.2) is 30.4 Å². The van der Waals surface area contributed by atoms with Crippen molar-refractivity contribution in [2.75, 3.05) is 18.5 Å². The molecule has 78 valence electrons. The normalized spacial score (nSPS) is 16.4. The summed E-state index contributed by atoms with van der Waals surface area (Å²) >= 11 is 5.72. The summed E-state index contributed by atoms with van der Waals surface area (Å²) < 4.78 is 0. The number of benzene rings is 1. The average Bonchev–Trinajstić information content (AvgIpc) is 2.44. The number of hydrogen-bond donors (Lipinski definition) is 0. The summed E-state index contributed by atoms with van der Waals surface area (Å²) in [5.41, 5.74) is 0.554. The van der Waals surface area contributed by atoms with Crippen LogP contribution in [0.2, 0.25) is 5.02 Å². The molecule has 15 heavy (non-hydrogen) atoms. The third-order valence-corrected chi connectivity index (χ3v) is 2.48. The summed E-state index contributed by atoms with van der Waals surface area (Å²) in [6, 6.07) is 6.29. The third-order valence-electron chi connectivity index (χ3n) is 2.22. The van der Waals surface area contributed by atoms with Gasteiger partial charge >= 0.3 is 6.03 Å². The largest absolute Gasteiger partial charge is 0.331 e. The van der Waals surface area contributed by atoms with E-state index >= 15 is 0 Å².